The Labute approximate surface area is 555 Å². The van der Waals surface area contributed by atoms with Crippen LogP contribution in [0.5, 0.6) is 0 Å². The van der Waals surface area contributed by atoms with Crippen LogP contribution in [-0.4, -0.2) is 100 Å². The van der Waals surface area contributed by atoms with Gasteiger partial charge in [-0.1, -0.05) is 339 Å². The van der Waals surface area contributed by atoms with Crippen molar-refractivity contribution in [2.75, 3.05) is 19.8 Å². The number of nitrogens with one attached hydrogen (secondary N) is 1. The molecule has 0 saturated carbocycles. The second kappa shape index (κ2) is 68.0. The Morgan fingerprint density at radius 1 is 0.411 bits per heavy atom. The van der Waals surface area contributed by atoms with E-state index in [0.29, 0.717) is 19.4 Å². The first-order chi connectivity index (χ1) is 44.2. The number of esters is 1. The number of hydrogen-bond acceptors (Lipinski definition) is 10. The summed E-state index contributed by atoms with van der Waals surface area (Å²) < 4.78 is 16.7. The normalized spacial score (nSPS) is 17.9. The lowest BCUT2D eigenvalue weighted by Gasteiger charge is -2.40. The minimum atomic E-state index is -1.57. The molecule has 528 valence electrons. The largest absolute Gasteiger partial charge is 0.466 e. The van der Waals surface area contributed by atoms with Crippen molar-refractivity contribution in [1.29, 1.82) is 0 Å². The van der Waals surface area contributed by atoms with Crippen LogP contribution in [0.25, 0.3) is 0 Å². The van der Waals surface area contributed by atoms with Gasteiger partial charge in [0.05, 0.1) is 32.0 Å². The monoisotopic (exact) mass is 1270 g/mol. The molecular formula is C79H147NO10. The number of hydrogen-bond donors (Lipinski definition) is 6. The van der Waals surface area contributed by atoms with E-state index >= 15 is 0 Å². The second-order valence-electron chi connectivity index (χ2n) is 27.1. The third-order valence-electron chi connectivity index (χ3n) is 18.4. The molecule has 1 rings (SSSR count). The number of allylic oxidation sites excluding steroid dienone is 7. The second-order valence-corrected chi connectivity index (χ2v) is 27.1. The summed E-state index contributed by atoms with van der Waals surface area (Å²) in [5.41, 5.74) is 0. The minimum Gasteiger partial charge on any atom is -0.466 e. The number of rotatable bonds is 69. The van der Waals surface area contributed by atoms with Crippen molar-refractivity contribution in [2.45, 2.75) is 423 Å². The molecule has 7 atom stereocenters. The summed E-state index contributed by atoms with van der Waals surface area (Å²) in [6.45, 7) is 4.32. The van der Waals surface area contributed by atoms with Gasteiger partial charge in [0.25, 0.3) is 0 Å². The van der Waals surface area contributed by atoms with E-state index in [9.17, 15) is 35.1 Å². The van der Waals surface area contributed by atoms with Gasteiger partial charge in [0.2, 0.25) is 5.91 Å². The van der Waals surface area contributed by atoms with Crippen LogP contribution in [0.4, 0.5) is 0 Å². The van der Waals surface area contributed by atoms with Gasteiger partial charge in [0.1, 0.15) is 24.4 Å². The lowest BCUT2D eigenvalue weighted by molar-refractivity contribution is -0.302. The number of unbranched alkanes of at least 4 members (excludes halogenated alkanes) is 49. The zero-order valence-corrected chi connectivity index (χ0v) is 58.9. The van der Waals surface area contributed by atoms with E-state index in [1.54, 1.807) is 6.08 Å². The van der Waals surface area contributed by atoms with Gasteiger partial charge < -0.3 is 45.1 Å². The topological polar surface area (TPSA) is 175 Å². The summed E-state index contributed by atoms with van der Waals surface area (Å²) in [5, 5.41) is 54.3. The maximum Gasteiger partial charge on any atom is 0.305 e. The average Bonchev–Trinajstić information content (AvgIpc) is 0.957. The summed E-state index contributed by atoms with van der Waals surface area (Å²) in [7, 11) is 0. The summed E-state index contributed by atoms with van der Waals surface area (Å²) in [6, 6.07) is -0.825. The molecule has 1 fully saturated rings. The Kier molecular flexibility index (Phi) is 64.7. The summed E-state index contributed by atoms with van der Waals surface area (Å²) in [5.74, 6) is -0.176. The quantitative estimate of drug-likeness (QED) is 0.0195. The first kappa shape index (κ1) is 85.6. The van der Waals surface area contributed by atoms with Gasteiger partial charge in [-0.3, -0.25) is 9.59 Å². The van der Waals surface area contributed by atoms with Crippen LogP contribution in [0.15, 0.2) is 48.6 Å². The number of carbonyl (C=O) groups is 2. The fourth-order valence-corrected chi connectivity index (χ4v) is 12.3. The lowest BCUT2D eigenvalue weighted by atomic mass is 9.99. The molecule has 0 aliphatic carbocycles. The van der Waals surface area contributed by atoms with Gasteiger partial charge in [-0.2, -0.15) is 0 Å². The van der Waals surface area contributed by atoms with Crippen molar-refractivity contribution >= 4 is 11.9 Å². The lowest BCUT2D eigenvalue weighted by Crippen LogP contribution is -2.60. The highest BCUT2D eigenvalue weighted by Gasteiger charge is 2.44. The van der Waals surface area contributed by atoms with E-state index in [0.717, 1.165) is 57.8 Å². The maximum absolute atomic E-state index is 13.0. The number of ether oxygens (including phenoxy) is 3. The summed E-state index contributed by atoms with van der Waals surface area (Å²) in [6.07, 6.45) is 80.2. The van der Waals surface area contributed by atoms with E-state index in [2.05, 4.69) is 55.6 Å². The van der Waals surface area contributed by atoms with Gasteiger partial charge in [0, 0.05) is 12.8 Å². The molecule has 0 bridgehead atoms. The maximum atomic E-state index is 13.0. The van der Waals surface area contributed by atoms with Gasteiger partial charge >= 0.3 is 5.97 Å². The molecule has 6 N–H and O–H groups in total. The Balaban J connectivity index is 1.87. The highest BCUT2D eigenvalue weighted by Crippen LogP contribution is 2.24. The van der Waals surface area contributed by atoms with Crippen LogP contribution < -0.4 is 5.32 Å². The van der Waals surface area contributed by atoms with Crippen LogP contribution in [0.3, 0.4) is 0 Å². The van der Waals surface area contributed by atoms with E-state index in [4.69, 9.17) is 14.2 Å². The van der Waals surface area contributed by atoms with Crippen molar-refractivity contribution < 1.29 is 49.3 Å². The van der Waals surface area contributed by atoms with Crippen molar-refractivity contribution in [3.8, 4) is 0 Å². The average molecular weight is 1270 g/mol. The smallest absolute Gasteiger partial charge is 0.305 e. The van der Waals surface area contributed by atoms with Gasteiger partial charge in [-0.05, 0) is 77.0 Å². The fraction of sp³-hybridized carbons (Fsp3) is 0.873. The zero-order valence-electron chi connectivity index (χ0n) is 58.9. The molecule has 0 aromatic rings. The SMILES string of the molecule is CCCCC/C=C/CC/C=C/C(O)C(COC1OC(CO)C(O)C(O)C1O)NC(=O)CCCCCCCCCCCCCCCCCCC/C=C\C/C=C\CCCCCCCCCCCCCOC(=O)CCCCCCCCCCCCCCCCCCCC. The molecule has 90 heavy (non-hydrogen) atoms. The number of amides is 1. The Morgan fingerprint density at radius 2 is 0.756 bits per heavy atom. The molecule has 1 heterocycles. The van der Waals surface area contributed by atoms with Crippen LogP contribution in [0.2, 0.25) is 0 Å². The van der Waals surface area contributed by atoms with E-state index < -0.39 is 49.5 Å². The molecule has 1 saturated heterocycles. The van der Waals surface area contributed by atoms with Crippen molar-refractivity contribution in [3.63, 3.8) is 0 Å². The minimum absolute atomic E-state index is 0.0147. The van der Waals surface area contributed by atoms with E-state index in [-0.39, 0.29) is 18.5 Å². The molecule has 1 aliphatic rings. The van der Waals surface area contributed by atoms with E-state index in [1.165, 1.54) is 295 Å². The number of aliphatic hydroxyl groups is 5. The summed E-state index contributed by atoms with van der Waals surface area (Å²) >= 11 is 0. The molecule has 1 aliphatic heterocycles. The Bertz CT molecular complexity index is 1630. The highest BCUT2D eigenvalue weighted by atomic mass is 16.7. The Hall–Kier alpha value is -2.38. The Morgan fingerprint density at radius 3 is 1.19 bits per heavy atom. The third kappa shape index (κ3) is 56.0. The molecule has 7 unspecified atom stereocenters. The summed E-state index contributed by atoms with van der Waals surface area (Å²) in [4.78, 5) is 25.1. The standard InChI is InChI=1S/C79H147NO10/c1-3-5-7-9-11-13-14-15-16-17-38-41-44-47-51-55-59-63-67-75(84)88-68-64-60-56-52-48-45-42-39-36-34-32-30-28-26-24-22-20-18-19-21-23-25-27-29-31-33-35-37-40-43-46-50-54-58-62-66-74(83)80-71(72(82)65-61-57-53-49-12-10-8-6-4-2)70-89-79-78(87)77(86)76(85)73(69-81)90-79/h12,20,22,26,28,49,61,65,71-73,76-79,81-82,85-87H,3-11,13-19,21,23-25,27,29-48,50-60,62-64,66-70H2,1-2H3,(H,80,83)/b22-20-,28-26-,49-12+,65-61+. The third-order valence-corrected chi connectivity index (χ3v) is 18.4. The first-order valence-electron chi connectivity index (χ1n) is 38.9. The van der Waals surface area contributed by atoms with Gasteiger partial charge in [0.15, 0.2) is 6.29 Å². The first-order valence-corrected chi connectivity index (χ1v) is 38.9. The predicted molar refractivity (Wildman–Crippen MR) is 380 cm³/mol. The number of carbonyl (C=O) groups excluding carboxylic acids is 2. The van der Waals surface area contributed by atoms with E-state index in [1.807, 2.05) is 6.08 Å². The fourth-order valence-electron chi connectivity index (χ4n) is 12.3. The predicted octanol–water partition coefficient (Wildman–Crippen LogP) is 20.7. The zero-order chi connectivity index (χ0) is 65.1. The van der Waals surface area contributed by atoms with Gasteiger partial charge in [-0.25, -0.2) is 0 Å². The van der Waals surface area contributed by atoms with Crippen LogP contribution in [-0.2, 0) is 23.8 Å². The van der Waals surface area contributed by atoms with Crippen LogP contribution in [0.1, 0.15) is 380 Å². The van der Waals surface area contributed by atoms with Crippen LogP contribution in [0, 0.1) is 0 Å². The van der Waals surface area contributed by atoms with Gasteiger partial charge in [-0.15, -0.1) is 0 Å². The van der Waals surface area contributed by atoms with Crippen molar-refractivity contribution in [2.24, 2.45) is 0 Å². The molecular weight excluding hydrogens is 1120 g/mol. The molecule has 0 aromatic carbocycles. The molecule has 11 nitrogen and oxygen atoms in total. The molecule has 11 heteroatoms. The number of aliphatic hydroxyl groups excluding tert-OH is 5. The van der Waals surface area contributed by atoms with Crippen molar-refractivity contribution in [1.82, 2.24) is 5.32 Å². The molecule has 0 spiro atoms. The van der Waals surface area contributed by atoms with Crippen LogP contribution >= 0.6 is 0 Å². The highest BCUT2D eigenvalue weighted by molar-refractivity contribution is 5.76. The van der Waals surface area contributed by atoms with Crippen molar-refractivity contribution in [3.05, 3.63) is 48.6 Å². The molecule has 0 radical (unpaired) electrons. The molecule has 1 amide bonds. The molecule has 0 aromatic heterocycles.